The lowest BCUT2D eigenvalue weighted by molar-refractivity contribution is 0.118. The Morgan fingerprint density at radius 2 is 1.97 bits per heavy atom. The van der Waals surface area contributed by atoms with Gasteiger partial charge in [-0.2, -0.15) is 4.98 Å². The molecule has 2 fully saturated rings. The summed E-state index contributed by atoms with van der Waals surface area (Å²) in [6.45, 7) is 2.81. The monoisotopic (exact) mass is 493 g/mol. The summed E-state index contributed by atoms with van der Waals surface area (Å²) in [6, 6.07) is 6.03. The summed E-state index contributed by atoms with van der Waals surface area (Å²) in [6.07, 6.45) is 0.938. The molecule has 2 aliphatic rings. The fraction of sp³-hybridized carbons (Fsp3) is 0.455. The van der Waals surface area contributed by atoms with Gasteiger partial charge in [-0.1, -0.05) is 17.7 Å². The van der Waals surface area contributed by atoms with Crippen LogP contribution in [0.25, 0.3) is 0 Å². The molecule has 1 unspecified atom stereocenters. The summed E-state index contributed by atoms with van der Waals surface area (Å²) >= 11 is 5.80. The molecule has 0 spiro atoms. The molecule has 8 nitrogen and oxygen atoms in total. The van der Waals surface area contributed by atoms with Gasteiger partial charge in [0.2, 0.25) is 5.95 Å². The first-order valence-corrected chi connectivity index (χ1v) is 11.4. The standard InChI is InChI=1S/C22H23ClF3N7O/c1-12-7-18(28-11-27-12)32-8-13-5-6-14(9-32)20(13)29-21-30-22(33(31-21)10-17(24)25)34-16-4-2-3-15(23)19(16)26/h2-4,7,11,13-14,17,20H,5-6,8-10H2,1H3,(H,29,31)/t13-,14+,20?. The van der Waals surface area contributed by atoms with Gasteiger partial charge >= 0.3 is 6.01 Å². The SMILES string of the molecule is Cc1cc(N2C[C@H]3CC[C@@H](C2)C3Nc2nc(Oc3cccc(Cl)c3F)n(CC(F)F)n2)ncn1. The predicted molar refractivity (Wildman–Crippen MR) is 120 cm³/mol. The number of hydrogen-bond donors (Lipinski definition) is 1. The molecule has 12 heteroatoms. The van der Waals surface area contributed by atoms with E-state index >= 15 is 0 Å². The zero-order valence-electron chi connectivity index (χ0n) is 18.3. The molecule has 1 aromatic carbocycles. The van der Waals surface area contributed by atoms with E-state index in [1.165, 1.54) is 18.2 Å². The van der Waals surface area contributed by atoms with Gasteiger partial charge in [0, 0.05) is 30.9 Å². The number of nitrogens with one attached hydrogen (secondary N) is 1. The maximum absolute atomic E-state index is 14.3. The van der Waals surface area contributed by atoms with Gasteiger partial charge in [0.15, 0.2) is 11.6 Å². The third kappa shape index (κ3) is 4.61. The van der Waals surface area contributed by atoms with Gasteiger partial charge in [-0.3, -0.25) is 0 Å². The number of piperidine rings is 1. The Morgan fingerprint density at radius 3 is 2.68 bits per heavy atom. The molecule has 2 bridgehead atoms. The van der Waals surface area contributed by atoms with E-state index in [0.29, 0.717) is 11.8 Å². The van der Waals surface area contributed by atoms with Crippen molar-refractivity contribution in [3.05, 3.63) is 47.1 Å². The second-order valence-corrected chi connectivity index (χ2v) is 9.04. The number of aromatic nitrogens is 5. The van der Waals surface area contributed by atoms with E-state index in [9.17, 15) is 13.2 Å². The van der Waals surface area contributed by atoms with Crippen molar-refractivity contribution in [2.24, 2.45) is 11.8 Å². The highest BCUT2D eigenvalue weighted by Crippen LogP contribution is 2.40. The predicted octanol–water partition coefficient (Wildman–Crippen LogP) is 4.55. The van der Waals surface area contributed by atoms with Crippen molar-refractivity contribution in [3.63, 3.8) is 0 Å². The van der Waals surface area contributed by atoms with E-state index < -0.39 is 18.8 Å². The molecule has 3 heterocycles. The van der Waals surface area contributed by atoms with E-state index in [1.807, 2.05) is 13.0 Å². The maximum atomic E-state index is 14.3. The van der Waals surface area contributed by atoms with Crippen molar-refractivity contribution in [2.45, 2.75) is 38.8 Å². The number of rotatable bonds is 7. The van der Waals surface area contributed by atoms with Crippen LogP contribution in [0.5, 0.6) is 11.8 Å². The smallest absolute Gasteiger partial charge is 0.322 e. The Morgan fingerprint density at radius 1 is 1.21 bits per heavy atom. The second kappa shape index (κ2) is 9.28. The molecule has 1 N–H and O–H groups in total. The number of fused-ring (bicyclic) bond motifs is 2. The molecule has 5 rings (SSSR count). The molecule has 0 amide bonds. The number of hydrogen-bond acceptors (Lipinski definition) is 7. The van der Waals surface area contributed by atoms with Crippen LogP contribution in [0.2, 0.25) is 5.02 Å². The first-order chi connectivity index (χ1) is 16.4. The van der Waals surface area contributed by atoms with E-state index in [0.717, 1.165) is 42.1 Å². The minimum Gasteiger partial charge on any atom is -0.421 e. The molecule has 34 heavy (non-hydrogen) atoms. The summed E-state index contributed by atoms with van der Waals surface area (Å²) < 4.78 is 47.0. The van der Waals surface area contributed by atoms with Crippen molar-refractivity contribution in [1.29, 1.82) is 0 Å². The Hall–Kier alpha value is -3.08. The number of aryl methyl sites for hydroxylation is 1. The van der Waals surface area contributed by atoms with Crippen molar-refractivity contribution in [1.82, 2.24) is 24.7 Å². The summed E-state index contributed by atoms with van der Waals surface area (Å²) in [7, 11) is 0. The van der Waals surface area contributed by atoms with Gasteiger partial charge < -0.3 is 15.0 Å². The molecule has 0 radical (unpaired) electrons. The number of halogens is 4. The van der Waals surface area contributed by atoms with Crippen LogP contribution in [0.1, 0.15) is 18.5 Å². The average Bonchev–Trinajstić information content (AvgIpc) is 3.25. The van der Waals surface area contributed by atoms with Gasteiger partial charge in [-0.25, -0.2) is 27.8 Å². The van der Waals surface area contributed by atoms with Crippen LogP contribution in [0.3, 0.4) is 0 Å². The minimum absolute atomic E-state index is 0.0809. The van der Waals surface area contributed by atoms with Crippen LogP contribution in [-0.2, 0) is 6.54 Å². The Kier molecular flexibility index (Phi) is 6.20. The third-order valence-corrected chi connectivity index (χ3v) is 6.60. The number of nitrogens with zero attached hydrogens (tertiary/aromatic N) is 6. The van der Waals surface area contributed by atoms with Crippen LogP contribution in [-0.4, -0.2) is 50.3 Å². The normalized spacial score (nSPS) is 21.8. The number of alkyl halides is 2. The van der Waals surface area contributed by atoms with Crippen LogP contribution < -0.4 is 15.0 Å². The average molecular weight is 494 g/mol. The Balaban J connectivity index is 1.34. The largest absolute Gasteiger partial charge is 0.421 e. The molecule has 1 saturated carbocycles. The van der Waals surface area contributed by atoms with Crippen LogP contribution >= 0.6 is 11.6 Å². The molecule has 3 aromatic rings. The van der Waals surface area contributed by atoms with Gasteiger partial charge in [0.05, 0.1) is 5.02 Å². The second-order valence-electron chi connectivity index (χ2n) is 8.64. The fourth-order valence-corrected chi connectivity index (χ4v) is 4.95. The quantitative estimate of drug-likeness (QED) is 0.517. The Labute approximate surface area is 199 Å². The van der Waals surface area contributed by atoms with Crippen molar-refractivity contribution in [2.75, 3.05) is 23.3 Å². The van der Waals surface area contributed by atoms with E-state index in [2.05, 4.69) is 30.3 Å². The first kappa shape index (κ1) is 22.7. The third-order valence-electron chi connectivity index (χ3n) is 6.31. The van der Waals surface area contributed by atoms with Gasteiger partial charge in [0.25, 0.3) is 6.43 Å². The minimum atomic E-state index is -2.68. The molecule has 1 saturated heterocycles. The van der Waals surface area contributed by atoms with Crippen LogP contribution in [0.15, 0.2) is 30.6 Å². The molecular formula is C22H23ClF3N7O. The number of benzene rings is 1. The van der Waals surface area contributed by atoms with Crippen molar-refractivity contribution < 1.29 is 17.9 Å². The highest BCUT2D eigenvalue weighted by Gasteiger charge is 2.43. The maximum Gasteiger partial charge on any atom is 0.322 e. The lowest BCUT2D eigenvalue weighted by Crippen LogP contribution is -2.48. The van der Waals surface area contributed by atoms with Crippen molar-refractivity contribution in [3.8, 4) is 11.8 Å². The fourth-order valence-electron chi connectivity index (χ4n) is 4.78. The molecule has 3 atom stereocenters. The highest BCUT2D eigenvalue weighted by atomic mass is 35.5. The molecule has 1 aliphatic heterocycles. The lowest BCUT2D eigenvalue weighted by atomic mass is 9.92. The van der Waals surface area contributed by atoms with Crippen LogP contribution in [0.4, 0.5) is 24.9 Å². The van der Waals surface area contributed by atoms with E-state index in [-0.39, 0.29) is 28.8 Å². The zero-order valence-corrected chi connectivity index (χ0v) is 19.1. The van der Waals surface area contributed by atoms with Gasteiger partial charge in [-0.05, 0) is 43.7 Å². The van der Waals surface area contributed by atoms with Crippen molar-refractivity contribution >= 4 is 23.4 Å². The molecular weight excluding hydrogens is 471 g/mol. The lowest BCUT2D eigenvalue weighted by Gasteiger charge is -2.38. The first-order valence-electron chi connectivity index (χ1n) is 11.0. The topological polar surface area (TPSA) is 81.0 Å². The summed E-state index contributed by atoms with van der Waals surface area (Å²) in [5.41, 5.74) is 0.912. The zero-order chi connectivity index (χ0) is 23.8. The van der Waals surface area contributed by atoms with Gasteiger partial charge in [0.1, 0.15) is 18.7 Å². The van der Waals surface area contributed by atoms with E-state index in [1.54, 1.807) is 6.33 Å². The summed E-state index contributed by atoms with van der Waals surface area (Å²) in [5, 5.41) is 7.36. The number of anilines is 2. The van der Waals surface area contributed by atoms with Crippen LogP contribution in [0, 0.1) is 24.6 Å². The summed E-state index contributed by atoms with van der Waals surface area (Å²) in [5.74, 6) is 0.690. The van der Waals surface area contributed by atoms with E-state index in [4.69, 9.17) is 16.3 Å². The molecule has 1 aliphatic carbocycles. The molecule has 180 valence electrons. The summed E-state index contributed by atoms with van der Waals surface area (Å²) in [4.78, 5) is 15.1. The number of ether oxygens (including phenoxy) is 1. The highest BCUT2D eigenvalue weighted by molar-refractivity contribution is 6.30. The Bertz CT molecular complexity index is 1160. The molecule has 2 aromatic heterocycles. The van der Waals surface area contributed by atoms with Gasteiger partial charge in [-0.15, -0.1) is 5.10 Å².